The van der Waals surface area contributed by atoms with Gasteiger partial charge in [0.2, 0.25) is 0 Å². The summed E-state index contributed by atoms with van der Waals surface area (Å²) in [6.07, 6.45) is 0.0103. The van der Waals surface area contributed by atoms with Gasteiger partial charge in [0, 0.05) is 28.9 Å². The van der Waals surface area contributed by atoms with Gasteiger partial charge in [-0.3, -0.25) is 4.79 Å². The Labute approximate surface area is 186 Å². The Morgan fingerprint density at radius 3 is 2.77 bits per heavy atom. The van der Waals surface area contributed by atoms with E-state index < -0.39 is 22.0 Å². The Kier molecular flexibility index (Phi) is 4.82. The molecule has 1 amide bonds. The van der Waals surface area contributed by atoms with E-state index in [9.17, 15) is 18.3 Å². The molecule has 2 aromatic heterocycles. The van der Waals surface area contributed by atoms with Crippen LogP contribution in [-0.4, -0.2) is 38.5 Å². The van der Waals surface area contributed by atoms with E-state index in [0.29, 0.717) is 21.8 Å². The zero-order valence-electron chi connectivity index (χ0n) is 15.8. The van der Waals surface area contributed by atoms with E-state index in [1.54, 1.807) is 41.9 Å². The first-order valence-corrected chi connectivity index (χ1v) is 11.9. The number of aliphatic hydroxyl groups excluding tert-OH is 1. The maximum atomic E-state index is 13.0. The highest BCUT2D eigenvalue weighted by Gasteiger charge is 2.33. The maximum Gasteiger partial charge on any atom is 0.283 e. The summed E-state index contributed by atoms with van der Waals surface area (Å²) in [5.74, 6) is -0.517. The number of hydrogen-bond donors (Lipinski definition) is 1. The molecule has 0 saturated carbocycles. The molecule has 11 heteroatoms. The zero-order valence-corrected chi connectivity index (χ0v) is 18.2. The summed E-state index contributed by atoms with van der Waals surface area (Å²) in [6, 6.07) is 11.3. The fourth-order valence-corrected chi connectivity index (χ4v) is 5.74. The van der Waals surface area contributed by atoms with Crippen LogP contribution in [0, 0.1) is 0 Å². The molecular formula is C20H15ClN4O4S2. The molecule has 0 aliphatic carbocycles. The monoisotopic (exact) mass is 474 g/mol. The number of halogens is 1. The number of nitrogens with zero attached hydrogens (tertiary/aromatic N) is 4. The van der Waals surface area contributed by atoms with E-state index >= 15 is 0 Å². The second kappa shape index (κ2) is 7.41. The SMILES string of the molecule is O=C(C(O)c1ccccc1Cl)N1Cc2cn(S(=O)(=O)c3ccc4ncsc4c3)nc2C1. The number of aliphatic hydroxyl groups is 1. The number of benzene rings is 2. The van der Waals surface area contributed by atoms with E-state index in [4.69, 9.17) is 11.6 Å². The number of fused-ring (bicyclic) bond motifs is 2. The first-order chi connectivity index (χ1) is 14.8. The fourth-order valence-electron chi connectivity index (χ4n) is 3.51. The number of amides is 1. The smallest absolute Gasteiger partial charge is 0.283 e. The van der Waals surface area contributed by atoms with Crippen molar-refractivity contribution in [1.82, 2.24) is 19.1 Å². The quantitative estimate of drug-likeness (QED) is 0.487. The van der Waals surface area contributed by atoms with Crippen molar-refractivity contribution in [2.24, 2.45) is 0 Å². The van der Waals surface area contributed by atoms with Crippen LogP contribution in [0.5, 0.6) is 0 Å². The van der Waals surface area contributed by atoms with Crippen molar-refractivity contribution in [3.63, 3.8) is 0 Å². The van der Waals surface area contributed by atoms with E-state index in [-0.39, 0.29) is 18.0 Å². The summed E-state index contributed by atoms with van der Waals surface area (Å²) in [5.41, 5.74) is 3.80. The lowest BCUT2D eigenvalue weighted by Crippen LogP contribution is -2.31. The number of rotatable bonds is 4. The number of carbonyl (C=O) groups is 1. The largest absolute Gasteiger partial charge is 0.378 e. The number of aromatic nitrogens is 3. The Hall–Kier alpha value is -2.79. The van der Waals surface area contributed by atoms with Gasteiger partial charge in [-0.15, -0.1) is 11.3 Å². The summed E-state index contributed by atoms with van der Waals surface area (Å²) >= 11 is 7.44. The molecule has 0 bridgehead atoms. The zero-order chi connectivity index (χ0) is 21.8. The van der Waals surface area contributed by atoms with Crippen molar-refractivity contribution in [2.45, 2.75) is 24.1 Å². The topological polar surface area (TPSA) is 105 Å². The van der Waals surface area contributed by atoms with Crippen LogP contribution >= 0.6 is 22.9 Å². The van der Waals surface area contributed by atoms with Crippen molar-refractivity contribution in [2.75, 3.05) is 0 Å². The molecule has 31 heavy (non-hydrogen) atoms. The first-order valence-electron chi connectivity index (χ1n) is 9.22. The molecule has 8 nitrogen and oxygen atoms in total. The van der Waals surface area contributed by atoms with Gasteiger partial charge in [-0.25, -0.2) is 4.98 Å². The van der Waals surface area contributed by atoms with Crippen molar-refractivity contribution in [3.8, 4) is 0 Å². The van der Waals surface area contributed by atoms with Gasteiger partial charge in [-0.05, 0) is 24.3 Å². The highest BCUT2D eigenvalue weighted by Crippen LogP contribution is 2.30. The van der Waals surface area contributed by atoms with E-state index in [1.165, 1.54) is 28.5 Å². The molecule has 1 N–H and O–H groups in total. The summed E-state index contributed by atoms with van der Waals surface area (Å²) in [7, 11) is -3.87. The highest BCUT2D eigenvalue weighted by atomic mass is 35.5. The fraction of sp³-hybridized carbons (Fsp3) is 0.150. The van der Waals surface area contributed by atoms with Gasteiger partial charge < -0.3 is 10.0 Å². The second-order valence-electron chi connectivity index (χ2n) is 7.08. The molecule has 5 rings (SSSR count). The van der Waals surface area contributed by atoms with Crippen LogP contribution in [0.25, 0.3) is 10.2 Å². The minimum Gasteiger partial charge on any atom is -0.378 e. The summed E-state index contributed by atoms with van der Waals surface area (Å²) in [4.78, 5) is 18.4. The van der Waals surface area contributed by atoms with Crippen molar-refractivity contribution < 1.29 is 18.3 Å². The summed E-state index contributed by atoms with van der Waals surface area (Å²) in [5, 5.41) is 15.0. The van der Waals surface area contributed by atoms with Crippen LogP contribution in [0.4, 0.5) is 0 Å². The van der Waals surface area contributed by atoms with Gasteiger partial charge in [0.15, 0.2) is 6.10 Å². The second-order valence-corrected chi connectivity index (χ2v) is 10.2. The van der Waals surface area contributed by atoms with Gasteiger partial charge >= 0.3 is 0 Å². The molecule has 0 spiro atoms. The molecule has 4 aromatic rings. The Morgan fingerprint density at radius 2 is 2.00 bits per heavy atom. The Balaban J connectivity index is 1.37. The lowest BCUT2D eigenvalue weighted by atomic mass is 10.1. The standard InChI is InChI=1S/C20H15ClN4O4S2/c21-15-4-2-1-3-14(15)19(26)20(27)24-8-12-9-25(23-17(12)10-24)31(28,29)13-5-6-16-18(7-13)30-11-22-16/h1-7,9,11,19,26H,8,10H2. The summed E-state index contributed by atoms with van der Waals surface area (Å²) in [6.45, 7) is 0.255. The van der Waals surface area contributed by atoms with E-state index in [0.717, 1.165) is 14.3 Å². The van der Waals surface area contributed by atoms with Crippen LogP contribution in [0.15, 0.2) is 59.1 Å². The van der Waals surface area contributed by atoms with Gasteiger partial charge in [-0.2, -0.15) is 17.6 Å². The van der Waals surface area contributed by atoms with Crippen LogP contribution in [0.1, 0.15) is 22.9 Å². The lowest BCUT2D eigenvalue weighted by molar-refractivity contribution is -0.141. The van der Waals surface area contributed by atoms with Crippen molar-refractivity contribution in [1.29, 1.82) is 0 Å². The predicted molar refractivity (Wildman–Crippen MR) is 115 cm³/mol. The van der Waals surface area contributed by atoms with Gasteiger partial charge in [0.25, 0.3) is 15.9 Å². The molecular weight excluding hydrogens is 460 g/mol. The maximum absolute atomic E-state index is 13.0. The normalized spacial score (nSPS) is 14.7. The molecule has 0 radical (unpaired) electrons. The molecule has 0 saturated heterocycles. The molecule has 158 valence electrons. The average Bonchev–Trinajstić information content (AvgIpc) is 3.47. The molecule has 3 heterocycles. The number of hydrogen-bond acceptors (Lipinski definition) is 7. The molecule has 2 aromatic carbocycles. The molecule has 1 atom stereocenters. The van der Waals surface area contributed by atoms with Crippen LogP contribution in [-0.2, 0) is 27.9 Å². The molecule has 1 unspecified atom stereocenters. The van der Waals surface area contributed by atoms with Gasteiger partial charge in [0.1, 0.15) is 0 Å². The minimum atomic E-state index is -3.87. The van der Waals surface area contributed by atoms with Gasteiger partial charge in [-0.1, -0.05) is 29.8 Å². The van der Waals surface area contributed by atoms with E-state index in [1.807, 2.05) is 0 Å². The Morgan fingerprint density at radius 1 is 1.19 bits per heavy atom. The minimum absolute atomic E-state index is 0.103. The van der Waals surface area contributed by atoms with Crippen LogP contribution < -0.4 is 0 Å². The molecule has 1 aliphatic rings. The van der Waals surface area contributed by atoms with Crippen molar-refractivity contribution >= 4 is 49.1 Å². The first kappa shape index (κ1) is 20.1. The average molecular weight is 475 g/mol. The van der Waals surface area contributed by atoms with Crippen LogP contribution in [0.2, 0.25) is 5.02 Å². The number of carbonyl (C=O) groups excluding carboxylic acids is 1. The van der Waals surface area contributed by atoms with E-state index in [2.05, 4.69) is 10.1 Å². The Bertz CT molecular complexity index is 1410. The van der Waals surface area contributed by atoms with Gasteiger partial charge in [0.05, 0.1) is 32.9 Å². The third-order valence-electron chi connectivity index (χ3n) is 5.15. The highest BCUT2D eigenvalue weighted by molar-refractivity contribution is 7.89. The predicted octanol–water partition coefficient (Wildman–Crippen LogP) is 2.96. The molecule has 1 aliphatic heterocycles. The van der Waals surface area contributed by atoms with Crippen LogP contribution in [0.3, 0.4) is 0 Å². The van der Waals surface area contributed by atoms with Crippen molar-refractivity contribution in [3.05, 3.63) is 76.0 Å². The number of thiazole rings is 1. The summed E-state index contributed by atoms with van der Waals surface area (Å²) < 4.78 is 27.7. The third kappa shape index (κ3) is 3.41. The molecule has 0 fully saturated rings. The lowest BCUT2D eigenvalue weighted by Gasteiger charge is -2.20. The third-order valence-corrected chi connectivity index (χ3v) is 7.82.